The number of thioether (sulfide) groups is 1. The van der Waals surface area contributed by atoms with Crippen LogP contribution in [0.2, 0.25) is 0 Å². The Bertz CT molecular complexity index is 1040. The first-order valence-electron chi connectivity index (χ1n) is 12.4. The molecule has 3 saturated heterocycles. The zero-order chi connectivity index (χ0) is 25.7. The number of benzene rings is 1. The number of aliphatic carboxylic acids is 1. The van der Waals surface area contributed by atoms with Gasteiger partial charge < -0.3 is 20.0 Å². The van der Waals surface area contributed by atoms with E-state index in [2.05, 4.69) is 6.58 Å². The van der Waals surface area contributed by atoms with E-state index in [1.165, 1.54) is 11.8 Å². The third-order valence-corrected chi connectivity index (χ3v) is 9.79. The highest BCUT2D eigenvalue weighted by Crippen LogP contribution is 2.66. The van der Waals surface area contributed by atoms with Crippen molar-refractivity contribution in [2.75, 3.05) is 18.1 Å². The number of carboxylic acid groups (broad SMARTS) is 1. The number of fused-ring (bicyclic) bond motifs is 1. The number of hydrogen-bond acceptors (Lipinski definition) is 5. The summed E-state index contributed by atoms with van der Waals surface area (Å²) in [4.78, 5) is 44.0. The molecule has 2 bridgehead atoms. The standard InChI is InChI=1S/C27H36N2O5S/c1-6-11-28(19-13-16(4)7-8-17(19)5)25(32)23-27-10-9-20(35-27)21(26(33)34)22(27)24(31)29(23)18(14-30)12-15(2)3/h6-8,13,15,18,20-23,30H,1,9-12,14H2,2-5H3,(H,33,34)/t18-,20-,21+,22+,23?,27?/m1/s1. The van der Waals surface area contributed by atoms with Crippen LogP contribution < -0.4 is 4.90 Å². The number of anilines is 1. The molecule has 1 aromatic carbocycles. The maximum Gasteiger partial charge on any atom is 0.308 e. The fourth-order valence-corrected chi connectivity index (χ4v) is 8.65. The van der Waals surface area contributed by atoms with Crippen LogP contribution in [0, 0.1) is 31.6 Å². The highest BCUT2D eigenvalue weighted by Gasteiger charge is 2.74. The molecule has 3 aliphatic heterocycles. The molecule has 35 heavy (non-hydrogen) atoms. The Morgan fingerprint density at radius 1 is 1.34 bits per heavy atom. The van der Waals surface area contributed by atoms with Crippen molar-refractivity contribution in [1.82, 2.24) is 4.90 Å². The minimum Gasteiger partial charge on any atom is -0.481 e. The van der Waals surface area contributed by atoms with Gasteiger partial charge in [0, 0.05) is 17.5 Å². The first-order chi connectivity index (χ1) is 16.6. The molecule has 0 aromatic heterocycles. The van der Waals surface area contributed by atoms with E-state index >= 15 is 0 Å². The average molecular weight is 501 g/mol. The molecular weight excluding hydrogens is 464 g/mol. The quantitative estimate of drug-likeness (QED) is 0.505. The lowest BCUT2D eigenvalue weighted by Crippen LogP contribution is -2.58. The fraction of sp³-hybridized carbons (Fsp3) is 0.593. The van der Waals surface area contributed by atoms with Gasteiger partial charge in [-0.2, -0.15) is 0 Å². The number of rotatable bonds is 9. The van der Waals surface area contributed by atoms with Crippen LogP contribution in [-0.2, 0) is 14.4 Å². The summed E-state index contributed by atoms with van der Waals surface area (Å²) >= 11 is 1.52. The third-order valence-electron chi connectivity index (χ3n) is 7.84. The van der Waals surface area contributed by atoms with Crippen molar-refractivity contribution in [2.45, 2.75) is 69.0 Å². The Balaban J connectivity index is 1.85. The van der Waals surface area contributed by atoms with Gasteiger partial charge in [0.15, 0.2) is 0 Å². The molecule has 8 heteroatoms. The number of aryl methyl sites for hydroxylation is 2. The molecule has 6 atom stereocenters. The van der Waals surface area contributed by atoms with Gasteiger partial charge in [-0.05, 0) is 56.2 Å². The lowest BCUT2D eigenvalue weighted by Gasteiger charge is -2.40. The van der Waals surface area contributed by atoms with Crippen LogP contribution in [0.3, 0.4) is 0 Å². The van der Waals surface area contributed by atoms with E-state index in [9.17, 15) is 24.6 Å². The lowest BCUT2D eigenvalue weighted by atomic mass is 9.71. The molecule has 1 aromatic rings. The molecule has 1 spiro atoms. The average Bonchev–Trinajstić information content (AvgIpc) is 3.44. The molecule has 0 radical (unpaired) electrons. The molecule has 3 heterocycles. The molecule has 0 saturated carbocycles. The van der Waals surface area contributed by atoms with Crippen LogP contribution in [0.4, 0.5) is 5.69 Å². The lowest BCUT2D eigenvalue weighted by molar-refractivity contribution is -0.149. The third kappa shape index (κ3) is 4.08. The predicted molar refractivity (Wildman–Crippen MR) is 137 cm³/mol. The van der Waals surface area contributed by atoms with Gasteiger partial charge in [0.2, 0.25) is 5.91 Å². The Morgan fingerprint density at radius 2 is 2.06 bits per heavy atom. The molecular formula is C27H36N2O5S. The van der Waals surface area contributed by atoms with Crippen molar-refractivity contribution in [1.29, 1.82) is 0 Å². The van der Waals surface area contributed by atoms with Crippen LogP contribution in [0.5, 0.6) is 0 Å². The van der Waals surface area contributed by atoms with Crippen molar-refractivity contribution < 1.29 is 24.6 Å². The summed E-state index contributed by atoms with van der Waals surface area (Å²) in [6.45, 7) is 11.8. The van der Waals surface area contributed by atoms with E-state index in [1.54, 1.807) is 15.9 Å². The van der Waals surface area contributed by atoms with E-state index < -0.39 is 34.6 Å². The fourth-order valence-electron chi connectivity index (χ4n) is 6.46. The smallest absolute Gasteiger partial charge is 0.308 e. The normalized spacial score (nSPS) is 30.0. The number of carbonyl (C=O) groups excluding carboxylic acids is 2. The first kappa shape index (κ1) is 25.8. The van der Waals surface area contributed by atoms with Gasteiger partial charge in [0.05, 0.1) is 29.2 Å². The predicted octanol–water partition coefficient (Wildman–Crippen LogP) is 3.41. The van der Waals surface area contributed by atoms with E-state index in [4.69, 9.17) is 0 Å². The summed E-state index contributed by atoms with van der Waals surface area (Å²) in [6.07, 6.45) is 3.49. The summed E-state index contributed by atoms with van der Waals surface area (Å²) < 4.78 is -0.802. The SMILES string of the molecule is C=CCN(C(=O)C1N([C@@H](CO)CC(C)C)C(=O)[C@@H]2[C@@H](C(=O)O)[C@H]3CCC12S3)c1cc(C)ccc1C. The van der Waals surface area contributed by atoms with Crippen LogP contribution >= 0.6 is 11.8 Å². The zero-order valence-corrected chi connectivity index (χ0v) is 21.8. The zero-order valence-electron chi connectivity index (χ0n) is 20.9. The topological polar surface area (TPSA) is 98.2 Å². The van der Waals surface area contributed by atoms with Crippen LogP contribution in [-0.4, -0.2) is 68.1 Å². The van der Waals surface area contributed by atoms with E-state index in [0.29, 0.717) is 19.3 Å². The van der Waals surface area contributed by atoms with E-state index in [0.717, 1.165) is 16.8 Å². The van der Waals surface area contributed by atoms with Crippen LogP contribution in [0.1, 0.15) is 44.2 Å². The number of carboxylic acids is 1. The second kappa shape index (κ2) is 9.62. The van der Waals surface area contributed by atoms with Gasteiger partial charge in [-0.1, -0.05) is 32.1 Å². The van der Waals surface area contributed by atoms with Crippen LogP contribution in [0.25, 0.3) is 0 Å². The Morgan fingerprint density at radius 3 is 2.66 bits per heavy atom. The van der Waals surface area contributed by atoms with Gasteiger partial charge in [0.1, 0.15) is 6.04 Å². The highest BCUT2D eigenvalue weighted by atomic mass is 32.2. The van der Waals surface area contributed by atoms with E-state index in [1.807, 2.05) is 45.9 Å². The van der Waals surface area contributed by atoms with Gasteiger partial charge in [-0.3, -0.25) is 14.4 Å². The summed E-state index contributed by atoms with van der Waals surface area (Å²) in [5.41, 5.74) is 2.71. The summed E-state index contributed by atoms with van der Waals surface area (Å²) in [7, 11) is 0. The first-order valence-corrected chi connectivity index (χ1v) is 13.3. The molecule has 3 fully saturated rings. The number of hydrogen-bond donors (Lipinski definition) is 2. The minimum atomic E-state index is -0.975. The van der Waals surface area contributed by atoms with Crippen molar-refractivity contribution in [3.8, 4) is 0 Å². The minimum absolute atomic E-state index is 0.176. The number of aliphatic hydroxyl groups is 1. The molecule has 0 aliphatic carbocycles. The maximum absolute atomic E-state index is 14.5. The van der Waals surface area contributed by atoms with Gasteiger partial charge in [0.25, 0.3) is 5.91 Å². The number of nitrogens with zero attached hydrogens (tertiary/aromatic N) is 2. The molecule has 190 valence electrons. The number of aliphatic hydroxyl groups excluding tert-OH is 1. The number of likely N-dealkylation sites (tertiary alicyclic amines) is 1. The summed E-state index contributed by atoms with van der Waals surface area (Å²) in [6, 6.07) is 4.54. The molecule has 2 N–H and O–H groups in total. The monoisotopic (exact) mass is 500 g/mol. The van der Waals surface area contributed by atoms with Crippen molar-refractivity contribution in [3.63, 3.8) is 0 Å². The second-order valence-corrected chi connectivity index (χ2v) is 12.2. The Kier molecular flexibility index (Phi) is 7.08. The number of carbonyl (C=O) groups is 3. The van der Waals surface area contributed by atoms with Gasteiger partial charge in [-0.25, -0.2) is 0 Å². The molecule has 2 unspecified atom stereocenters. The van der Waals surface area contributed by atoms with E-state index in [-0.39, 0.29) is 36.1 Å². The Hall–Kier alpha value is -2.32. The maximum atomic E-state index is 14.5. The van der Waals surface area contributed by atoms with Crippen molar-refractivity contribution in [2.24, 2.45) is 17.8 Å². The molecule has 7 nitrogen and oxygen atoms in total. The Labute approximate surface area is 211 Å². The molecule has 2 amide bonds. The molecule has 4 rings (SSSR count). The van der Waals surface area contributed by atoms with Gasteiger partial charge in [-0.15, -0.1) is 18.3 Å². The summed E-state index contributed by atoms with van der Waals surface area (Å²) in [5, 5.41) is 20.2. The molecule has 3 aliphatic rings. The second-order valence-electron chi connectivity index (χ2n) is 10.6. The summed E-state index contributed by atoms with van der Waals surface area (Å²) in [5.74, 6) is -2.88. The van der Waals surface area contributed by atoms with Gasteiger partial charge >= 0.3 is 5.97 Å². The highest BCUT2D eigenvalue weighted by molar-refractivity contribution is 8.02. The largest absolute Gasteiger partial charge is 0.481 e. The van der Waals surface area contributed by atoms with Crippen molar-refractivity contribution in [3.05, 3.63) is 42.0 Å². The van der Waals surface area contributed by atoms with Crippen molar-refractivity contribution >= 4 is 35.2 Å². The van der Waals surface area contributed by atoms with Crippen LogP contribution in [0.15, 0.2) is 30.9 Å². The number of amides is 2.